The quantitative estimate of drug-likeness (QED) is 0.540. The van der Waals surface area contributed by atoms with Crippen LogP contribution >= 0.6 is 0 Å². The summed E-state index contributed by atoms with van der Waals surface area (Å²) < 4.78 is 0. The van der Waals surface area contributed by atoms with Crippen molar-refractivity contribution in [2.75, 3.05) is 20.1 Å². The lowest BCUT2D eigenvalue weighted by atomic mass is 9.88. The molecule has 1 unspecified atom stereocenters. The molecule has 0 radical (unpaired) electrons. The van der Waals surface area contributed by atoms with Gasteiger partial charge in [-0.25, -0.2) is 0 Å². The highest BCUT2D eigenvalue weighted by atomic mass is 15.1. The molecule has 0 spiro atoms. The first kappa shape index (κ1) is 8.06. The van der Waals surface area contributed by atoms with Gasteiger partial charge in [-0.05, 0) is 38.3 Å². The molecule has 1 fully saturated rings. The monoisotopic (exact) mass is 141 g/mol. The van der Waals surface area contributed by atoms with Gasteiger partial charge >= 0.3 is 0 Å². The lowest BCUT2D eigenvalue weighted by Gasteiger charge is -2.31. The molecule has 1 aliphatic heterocycles. The van der Waals surface area contributed by atoms with E-state index in [0.29, 0.717) is 0 Å². The average molecular weight is 141 g/mol. The molecule has 0 aliphatic carbocycles. The number of nitrogens with zero attached hydrogens (tertiary/aromatic N) is 1. The molecule has 1 heteroatoms. The fourth-order valence-corrected chi connectivity index (χ4v) is 1.75. The zero-order valence-corrected chi connectivity index (χ0v) is 7.43. The SMILES string of the molecule is CC(C)C1CCCN(C)C1. The van der Waals surface area contributed by atoms with Gasteiger partial charge in [0, 0.05) is 6.54 Å². The molecule has 0 aromatic rings. The van der Waals surface area contributed by atoms with E-state index in [1.165, 1.54) is 25.9 Å². The lowest BCUT2D eigenvalue weighted by Crippen LogP contribution is -2.34. The van der Waals surface area contributed by atoms with Crippen LogP contribution in [-0.4, -0.2) is 25.0 Å². The maximum absolute atomic E-state index is 2.45. The van der Waals surface area contributed by atoms with Gasteiger partial charge in [-0.3, -0.25) is 0 Å². The van der Waals surface area contributed by atoms with Crippen LogP contribution < -0.4 is 0 Å². The third kappa shape index (κ3) is 1.98. The minimum Gasteiger partial charge on any atom is -0.306 e. The molecule has 0 amide bonds. The Balaban J connectivity index is 2.32. The molecule has 0 aromatic carbocycles. The molecular weight excluding hydrogens is 122 g/mol. The van der Waals surface area contributed by atoms with Gasteiger partial charge in [0.05, 0.1) is 0 Å². The first-order valence-electron chi connectivity index (χ1n) is 4.38. The summed E-state index contributed by atoms with van der Waals surface area (Å²) in [6.07, 6.45) is 2.85. The lowest BCUT2D eigenvalue weighted by molar-refractivity contribution is 0.173. The van der Waals surface area contributed by atoms with Crippen LogP contribution in [0.3, 0.4) is 0 Å². The molecule has 1 rings (SSSR count). The summed E-state index contributed by atoms with van der Waals surface area (Å²) in [5.74, 6) is 1.83. The smallest absolute Gasteiger partial charge is 0.000906 e. The average Bonchev–Trinajstić information content (AvgIpc) is 1.88. The largest absolute Gasteiger partial charge is 0.306 e. The first-order chi connectivity index (χ1) is 4.70. The fourth-order valence-electron chi connectivity index (χ4n) is 1.75. The Kier molecular flexibility index (Phi) is 2.72. The van der Waals surface area contributed by atoms with Gasteiger partial charge in [0.25, 0.3) is 0 Å². The van der Waals surface area contributed by atoms with E-state index in [4.69, 9.17) is 0 Å². The maximum atomic E-state index is 2.45. The minimum atomic E-state index is 0.878. The van der Waals surface area contributed by atoms with Crippen LogP contribution in [0.25, 0.3) is 0 Å². The molecule has 60 valence electrons. The molecule has 0 N–H and O–H groups in total. The second-order valence-corrected chi connectivity index (χ2v) is 3.91. The number of hydrogen-bond acceptors (Lipinski definition) is 1. The van der Waals surface area contributed by atoms with Gasteiger partial charge in [0.2, 0.25) is 0 Å². The predicted octanol–water partition coefficient (Wildman–Crippen LogP) is 1.98. The van der Waals surface area contributed by atoms with Crippen molar-refractivity contribution in [2.45, 2.75) is 26.7 Å². The standard InChI is InChI=1S/C9H19N/c1-8(2)9-5-4-6-10(3)7-9/h8-9H,4-7H2,1-3H3. The molecule has 0 bridgehead atoms. The second-order valence-electron chi connectivity index (χ2n) is 3.91. The summed E-state index contributed by atoms with van der Waals surface area (Å²) >= 11 is 0. The Bertz CT molecular complexity index is 98.9. The third-order valence-electron chi connectivity index (χ3n) is 2.60. The van der Waals surface area contributed by atoms with E-state index >= 15 is 0 Å². The van der Waals surface area contributed by atoms with Gasteiger partial charge in [-0.2, -0.15) is 0 Å². The normalized spacial score (nSPS) is 29.4. The van der Waals surface area contributed by atoms with Crippen LogP contribution in [0, 0.1) is 11.8 Å². The van der Waals surface area contributed by atoms with Crippen molar-refractivity contribution in [1.82, 2.24) is 4.90 Å². The minimum absolute atomic E-state index is 0.878. The second kappa shape index (κ2) is 3.38. The van der Waals surface area contributed by atoms with Crippen molar-refractivity contribution in [3.8, 4) is 0 Å². The Morgan fingerprint density at radius 2 is 2.10 bits per heavy atom. The van der Waals surface area contributed by atoms with E-state index < -0.39 is 0 Å². The molecule has 1 aliphatic rings. The van der Waals surface area contributed by atoms with E-state index in [1.54, 1.807) is 0 Å². The highest BCUT2D eigenvalue weighted by Gasteiger charge is 2.19. The van der Waals surface area contributed by atoms with E-state index in [9.17, 15) is 0 Å². The Labute approximate surface area is 64.4 Å². The summed E-state index contributed by atoms with van der Waals surface area (Å²) in [6.45, 7) is 7.30. The van der Waals surface area contributed by atoms with Gasteiger partial charge in [0.1, 0.15) is 0 Å². The zero-order chi connectivity index (χ0) is 7.56. The van der Waals surface area contributed by atoms with Crippen molar-refractivity contribution in [3.05, 3.63) is 0 Å². The Hall–Kier alpha value is -0.0400. The van der Waals surface area contributed by atoms with E-state index in [2.05, 4.69) is 25.8 Å². The van der Waals surface area contributed by atoms with Crippen LogP contribution in [0.5, 0.6) is 0 Å². The van der Waals surface area contributed by atoms with Crippen LogP contribution in [0.15, 0.2) is 0 Å². The number of piperidine rings is 1. The molecule has 10 heavy (non-hydrogen) atoms. The molecule has 0 saturated carbocycles. The highest BCUT2D eigenvalue weighted by Crippen LogP contribution is 2.21. The maximum Gasteiger partial charge on any atom is 0.000906 e. The Morgan fingerprint density at radius 1 is 1.40 bits per heavy atom. The van der Waals surface area contributed by atoms with Crippen LogP contribution in [0.4, 0.5) is 0 Å². The van der Waals surface area contributed by atoms with Crippen molar-refractivity contribution < 1.29 is 0 Å². The fraction of sp³-hybridized carbons (Fsp3) is 1.00. The number of rotatable bonds is 1. The zero-order valence-electron chi connectivity index (χ0n) is 7.43. The predicted molar refractivity (Wildman–Crippen MR) is 45.1 cm³/mol. The summed E-state index contributed by atoms with van der Waals surface area (Å²) in [7, 11) is 2.23. The molecule has 0 aromatic heterocycles. The van der Waals surface area contributed by atoms with Crippen LogP contribution in [0.2, 0.25) is 0 Å². The molecular formula is C9H19N. The van der Waals surface area contributed by atoms with Gasteiger partial charge in [-0.1, -0.05) is 13.8 Å². The summed E-state index contributed by atoms with van der Waals surface area (Å²) in [4.78, 5) is 2.45. The number of hydrogen-bond donors (Lipinski definition) is 0. The molecule has 1 nitrogen and oxygen atoms in total. The summed E-state index contributed by atoms with van der Waals surface area (Å²) in [5.41, 5.74) is 0. The van der Waals surface area contributed by atoms with Crippen molar-refractivity contribution in [3.63, 3.8) is 0 Å². The summed E-state index contributed by atoms with van der Waals surface area (Å²) in [6, 6.07) is 0. The number of likely N-dealkylation sites (tertiary alicyclic amines) is 1. The topological polar surface area (TPSA) is 3.24 Å². The van der Waals surface area contributed by atoms with Crippen molar-refractivity contribution in [2.24, 2.45) is 11.8 Å². The van der Waals surface area contributed by atoms with Crippen molar-refractivity contribution >= 4 is 0 Å². The molecule has 1 atom stereocenters. The van der Waals surface area contributed by atoms with Crippen molar-refractivity contribution in [1.29, 1.82) is 0 Å². The van der Waals surface area contributed by atoms with Gasteiger partial charge in [-0.15, -0.1) is 0 Å². The third-order valence-corrected chi connectivity index (χ3v) is 2.60. The summed E-state index contributed by atoms with van der Waals surface area (Å²) in [5, 5.41) is 0. The van der Waals surface area contributed by atoms with E-state index in [1.807, 2.05) is 0 Å². The Morgan fingerprint density at radius 3 is 2.50 bits per heavy atom. The molecule has 1 heterocycles. The van der Waals surface area contributed by atoms with Gasteiger partial charge < -0.3 is 4.90 Å². The van der Waals surface area contributed by atoms with Crippen LogP contribution in [0.1, 0.15) is 26.7 Å². The highest BCUT2D eigenvalue weighted by molar-refractivity contribution is 4.72. The van der Waals surface area contributed by atoms with E-state index in [-0.39, 0.29) is 0 Å². The van der Waals surface area contributed by atoms with Gasteiger partial charge in [0.15, 0.2) is 0 Å². The van der Waals surface area contributed by atoms with Crippen LogP contribution in [-0.2, 0) is 0 Å². The molecule has 1 saturated heterocycles. The van der Waals surface area contributed by atoms with E-state index in [0.717, 1.165) is 11.8 Å². The first-order valence-corrected chi connectivity index (χ1v) is 4.38.